The SMILES string of the molecule is COc1c(OCCCN2CCOCC2)ccc2c3n(c(=NCC4=CNC(N)N=C4)nc12)CCN3. The van der Waals surface area contributed by atoms with Crippen molar-refractivity contribution in [3.05, 3.63) is 29.5 Å². The van der Waals surface area contributed by atoms with E-state index >= 15 is 0 Å². The van der Waals surface area contributed by atoms with Crippen molar-refractivity contribution in [3.8, 4) is 11.5 Å². The van der Waals surface area contributed by atoms with Crippen molar-refractivity contribution in [1.82, 2.24) is 19.8 Å². The van der Waals surface area contributed by atoms with Gasteiger partial charge in [-0.25, -0.2) is 9.98 Å². The summed E-state index contributed by atoms with van der Waals surface area (Å²) in [5.41, 5.74) is 8.04. The molecule has 0 bridgehead atoms. The minimum Gasteiger partial charge on any atom is -0.491 e. The minimum absolute atomic E-state index is 0.401. The molecule has 182 valence electrons. The van der Waals surface area contributed by atoms with Crippen molar-refractivity contribution in [2.75, 3.05) is 65.0 Å². The van der Waals surface area contributed by atoms with E-state index in [1.807, 2.05) is 18.3 Å². The zero-order valence-electron chi connectivity index (χ0n) is 19.5. The number of benzene rings is 1. The number of methoxy groups -OCH3 is 1. The Balaban J connectivity index is 1.38. The molecule has 0 amide bonds. The van der Waals surface area contributed by atoms with Crippen LogP contribution in [-0.4, -0.2) is 86.6 Å². The van der Waals surface area contributed by atoms with Gasteiger partial charge in [0.15, 0.2) is 17.8 Å². The predicted octanol–water partition coefficient (Wildman–Crippen LogP) is 0.272. The fourth-order valence-electron chi connectivity index (χ4n) is 4.37. The van der Waals surface area contributed by atoms with E-state index in [0.717, 1.165) is 74.7 Å². The Kier molecular flexibility index (Phi) is 6.93. The third-order valence-corrected chi connectivity index (χ3v) is 6.13. The number of aliphatic imine (C=N–C) groups is 1. The second-order valence-corrected chi connectivity index (χ2v) is 8.41. The molecule has 0 aliphatic carbocycles. The molecule has 0 radical (unpaired) electrons. The van der Waals surface area contributed by atoms with Crippen LogP contribution < -0.4 is 31.5 Å². The van der Waals surface area contributed by atoms with Crippen molar-refractivity contribution in [2.45, 2.75) is 19.3 Å². The van der Waals surface area contributed by atoms with E-state index < -0.39 is 6.29 Å². The Morgan fingerprint density at radius 1 is 1.26 bits per heavy atom. The number of nitrogens with zero attached hydrogens (tertiary/aromatic N) is 5. The molecule has 1 saturated heterocycles. The van der Waals surface area contributed by atoms with Gasteiger partial charge in [0.1, 0.15) is 11.3 Å². The van der Waals surface area contributed by atoms with Gasteiger partial charge in [0.25, 0.3) is 0 Å². The molecule has 5 rings (SSSR count). The van der Waals surface area contributed by atoms with Gasteiger partial charge >= 0.3 is 0 Å². The van der Waals surface area contributed by atoms with Gasteiger partial charge in [-0.05, 0) is 18.6 Å². The molecule has 3 aliphatic heterocycles. The molecule has 0 saturated carbocycles. The van der Waals surface area contributed by atoms with E-state index in [4.69, 9.17) is 29.9 Å². The van der Waals surface area contributed by atoms with Gasteiger partial charge in [0.05, 0.1) is 33.5 Å². The van der Waals surface area contributed by atoms with Crippen LogP contribution in [0, 0.1) is 0 Å². The first-order chi connectivity index (χ1) is 16.7. The average molecular weight is 469 g/mol. The second-order valence-electron chi connectivity index (χ2n) is 8.41. The topological polar surface area (TPSA) is 124 Å². The summed E-state index contributed by atoms with van der Waals surface area (Å²) < 4.78 is 19.4. The lowest BCUT2D eigenvalue weighted by molar-refractivity contribution is 0.0357. The number of aromatic nitrogens is 2. The highest BCUT2D eigenvalue weighted by Crippen LogP contribution is 2.37. The molecule has 1 fully saturated rings. The Hall–Kier alpha value is -3.15. The highest BCUT2D eigenvalue weighted by Gasteiger charge is 2.20. The van der Waals surface area contributed by atoms with Crippen molar-refractivity contribution in [3.63, 3.8) is 0 Å². The van der Waals surface area contributed by atoms with Crippen LogP contribution in [0.3, 0.4) is 0 Å². The van der Waals surface area contributed by atoms with Gasteiger partial charge in [-0.2, -0.15) is 0 Å². The Morgan fingerprint density at radius 2 is 2.15 bits per heavy atom. The fourth-order valence-corrected chi connectivity index (χ4v) is 4.37. The molecule has 4 heterocycles. The summed E-state index contributed by atoms with van der Waals surface area (Å²) in [6.45, 7) is 7.26. The first kappa shape index (κ1) is 22.6. The summed E-state index contributed by atoms with van der Waals surface area (Å²) in [6.07, 6.45) is 4.13. The van der Waals surface area contributed by atoms with E-state index in [1.54, 1.807) is 13.3 Å². The highest BCUT2D eigenvalue weighted by atomic mass is 16.5. The van der Waals surface area contributed by atoms with Crippen molar-refractivity contribution in [2.24, 2.45) is 15.7 Å². The predicted molar refractivity (Wildman–Crippen MR) is 130 cm³/mol. The standard InChI is InChI=1S/C23H32N8O3/c1-32-20-18(34-10-2-6-30-8-11-33-12-9-30)4-3-17-19(20)29-23(31-7-5-25-21(17)31)28-15-16-13-26-22(24)27-14-16/h3-4,13-14,22,25-26H,2,5-12,15,24H2,1H3. The van der Waals surface area contributed by atoms with Gasteiger partial charge in [0, 0.05) is 56.1 Å². The number of ether oxygens (including phenoxy) is 3. The van der Waals surface area contributed by atoms with Crippen LogP contribution in [0.5, 0.6) is 11.5 Å². The summed E-state index contributed by atoms with van der Waals surface area (Å²) in [5, 5.41) is 7.45. The molecule has 1 aromatic carbocycles. The second kappa shape index (κ2) is 10.4. The number of morpholine rings is 1. The first-order valence-corrected chi connectivity index (χ1v) is 11.8. The maximum Gasteiger partial charge on any atom is 0.227 e. The zero-order valence-corrected chi connectivity index (χ0v) is 19.5. The number of nitrogens with one attached hydrogen (secondary N) is 2. The molecule has 11 nitrogen and oxygen atoms in total. The van der Waals surface area contributed by atoms with Crippen LogP contribution in [0.25, 0.3) is 10.9 Å². The molecule has 34 heavy (non-hydrogen) atoms. The van der Waals surface area contributed by atoms with E-state index in [1.165, 1.54) is 0 Å². The average Bonchev–Trinajstić information content (AvgIpc) is 3.37. The largest absolute Gasteiger partial charge is 0.491 e. The lowest BCUT2D eigenvalue weighted by atomic mass is 10.2. The van der Waals surface area contributed by atoms with Gasteiger partial charge in [-0.3, -0.25) is 20.2 Å². The Morgan fingerprint density at radius 3 is 2.94 bits per heavy atom. The monoisotopic (exact) mass is 468 g/mol. The first-order valence-electron chi connectivity index (χ1n) is 11.8. The van der Waals surface area contributed by atoms with E-state index in [9.17, 15) is 0 Å². The van der Waals surface area contributed by atoms with Crippen LogP contribution >= 0.6 is 0 Å². The maximum absolute atomic E-state index is 6.12. The number of hydrogen-bond acceptors (Lipinski definition) is 10. The van der Waals surface area contributed by atoms with E-state index in [0.29, 0.717) is 30.3 Å². The van der Waals surface area contributed by atoms with Crippen LogP contribution in [0.15, 0.2) is 33.9 Å². The van der Waals surface area contributed by atoms with Gasteiger partial charge in [0.2, 0.25) is 5.62 Å². The molecule has 4 N–H and O–H groups in total. The number of rotatable bonds is 8. The fraction of sp³-hybridized carbons (Fsp3) is 0.522. The number of nitrogens with two attached hydrogens (primary N) is 1. The summed E-state index contributed by atoms with van der Waals surface area (Å²) in [5.74, 6) is 2.31. The molecule has 0 spiro atoms. The van der Waals surface area contributed by atoms with Gasteiger partial charge in [-0.1, -0.05) is 0 Å². The molecule has 1 atom stereocenters. The van der Waals surface area contributed by atoms with Gasteiger partial charge in [-0.15, -0.1) is 0 Å². The molecule has 1 unspecified atom stereocenters. The van der Waals surface area contributed by atoms with Crippen molar-refractivity contribution >= 4 is 22.9 Å². The lowest BCUT2D eigenvalue weighted by Crippen LogP contribution is -2.37. The molecule has 1 aromatic heterocycles. The summed E-state index contributed by atoms with van der Waals surface area (Å²) in [4.78, 5) is 16.2. The van der Waals surface area contributed by atoms with Gasteiger partial charge < -0.3 is 24.8 Å². The summed E-state index contributed by atoms with van der Waals surface area (Å²) >= 11 is 0. The van der Waals surface area contributed by atoms with Crippen molar-refractivity contribution in [1.29, 1.82) is 0 Å². The third kappa shape index (κ3) is 4.86. The summed E-state index contributed by atoms with van der Waals surface area (Å²) in [6, 6.07) is 4.01. The minimum atomic E-state index is -0.401. The molecule has 3 aliphatic rings. The van der Waals surface area contributed by atoms with Crippen LogP contribution in [0.4, 0.5) is 5.82 Å². The molecular formula is C23H32N8O3. The number of fused-ring (bicyclic) bond motifs is 3. The van der Waals surface area contributed by atoms with Crippen LogP contribution in [0.1, 0.15) is 6.42 Å². The highest BCUT2D eigenvalue weighted by molar-refractivity contribution is 5.95. The van der Waals surface area contributed by atoms with Crippen LogP contribution in [-0.2, 0) is 11.3 Å². The third-order valence-electron chi connectivity index (χ3n) is 6.13. The maximum atomic E-state index is 6.12. The molecular weight excluding hydrogens is 436 g/mol. The summed E-state index contributed by atoms with van der Waals surface area (Å²) in [7, 11) is 1.65. The number of anilines is 1. The van der Waals surface area contributed by atoms with Crippen molar-refractivity contribution < 1.29 is 14.2 Å². The van der Waals surface area contributed by atoms with E-state index in [-0.39, 0.29) is 0 Å². The van der Waals surface area contributed by atoms with E-state index in [2.05, 4.69) is 25.1 Å². The molecule has 2 aromatic rings. The smallest absolute Gasteiger partial charge is 0.227 e. The quantitative estimate of drug-likeness (QED) is 0.472. The normalized spacial score (nSPS) is 20.6. The lowest BCUT2D eigenvalue weighted by Gasteiger charge is -2.26. The Labute approximate surface area is 198 Å². The van der Waals surface area contributed by atoms with Crippen LogP contribution in [0.2, 0.25) is 0 Å². The zero-order chi connectivity index (χ0) is 23.3. The Bertz CT molecular complexity index is 1150. The molecule has 11 heteroatoms. The number of hydrogen-bond donors (Lipinski definition) is 3.